The number of ether oxygens (including phenoxy) is 1. The van der Waals surface area contributed by atoms with Crippen molar-refractivity contribution in [1.29, 1.82) is 0 Å². The van der Waals surface area contributed by atoms with Crippen molar-refractivity contribution in [2.45, 2.75) is 6.92 Å². The van der Waals surface area contributed by atoms with Crippen LogP contribution in [-0.4, -0.2) is 23.4 Å². The van der Waals surface area contributed by atoms with E-state index in [0.29, 0.717) is 33.6 Å². The number of nitrogens with one attached hydrogen (secondary N) is 1. The normalized spacial score (nSPS) is 10.6. The van der Waals surface area contributed by atoms with Gasteiger partial charge in [0.05, 0.1) is 11.2 Å². The Kier molecular flexibility index (Phi) is 5.62. The number of primary amides is 1. The third-order valence-corrected chi connectivity index (χ3v) is 4.75. The second-order valence-electron chi connectivity index (χ2n) is 7.18. The molecular weight excluding hydrogens is 390 g/mol. The minimum atomic E-state index is -0.574. The molecule has 4 rings (SSSR count). The summed E-state index contributed by atoms with van der Waals surface area (Å²) in [6.07, 6.45) is 0. The predicted molar refractivity (Wildman–Crippen MR) is 121 cm³/mol. The third kappa shape index (κ3) is 4.70. The van der Waals surface area contributed by atoms with Crippen LogP contribution in [0.1, 0.15) is 15.9 Å². The van der Waals surface area contributed by atoms with Crippen LogP contribution in [0, 0.1) is 6.92 Å². The topological polar surface area (TPSA) is 94.3 Å². The van der Waals surface area contributed by atoms with E-state index in [1.54, 1.807) is 24.3 Å². The first-order valence-electron chi connectivity index (χ1n) is 9.79. The average molecular weight is 411 g/mol. The zero-order valence-electron chi connectivity index (χ0n) is 17.0. The van der Waals surface area contributed by atoms with Gasteiger partial charge < -0.3 is 15.8 Å². The standard InChI is InChI=1S/C25H21N3O3/c1-16-6-5-9-18(12-16)25(30)27-19-10-11-21-20(13-19)23(31-15-24(26)29)14-22(28-21)17-7-3-2-4-8-17/h2-14H,15H2,1H3,(H2,26,29)(H,27,30). The van der Waals surface area contributed by atoms with Crippen molar-refractivity contribution >= 4 is 28.4 Å². The molecule has 2 amide bonds. The van der Waals surface area contributed by atoms with Crippen LogP contribution >= 0.6 is 0 Å². The number of hydrogen-bond acceptors (Lipinski definition) is 4. The Balaban J connectivity index is 1.72. The first kappa shape index (κ1) is 20.1. The van der Waals surface area contributed by atoms with Gasteiger partial charge in [-0.25, -0.2) is 4.98 Å². The number of benzene rings is 3. The second kappa shape index (κ2) is 8.67. The number of amides is 2. The molecule has 0 radical (unpaired) electrons. The molecule has 0 aliphatic heterocycles. The molecule has 1 aromatic heterocycles. The van der Waals surface area contributed by atoms with Crippen molar-refractivity contribution in [2.24, 2.45) is 5.73 Å². The van der Waals surface area contributed by atoms with Crippen molar-refractivity contribution in [3.8, 4) is 17.0 Å². The molecule has 0 spiro atoms. The van der Waals surface area contributed by atoms with E-state index in [0.717, 1.165) is 11.1 Å². The van der Waals surface area contributed by atoms with Crippen molar-refractivity contribution in [3.63, 3.8) is 0 Å². The van der Waals surface area contributed by atoms with E-state index in [1.807, 2.05) is 61.5 Å². The Labute approximate surface area is 179 Å². The lowest BCUT2D eigenvalue weighted by molar-refractivity contribution is -0.119. The number of aromatic nitrogens is 1. The van der Waals surface area contributed by atoms with E-state index in [2.05, 4.69) is 5.32 Å². The summed E-state index contributed by atoms with van der Waals surface area (Å²) in [4.78, 5) is 28.6. The fourth-order valence-corrected chi connectivity index (χ4v) is 3.29. The van der Waals surface area contributed by atoms with Crippen molar-refractivity contribution in [3.05, 3.63) is 90.0 Å². The van der Waals surface area contributed by atoms with Crippen LogP contribution in [0.25, 0.3) is 22.2 Å². The van der Waals surface area contributed by atoms with Crippen LogP contribution in [0.2, 0.25) is 0 Å². The van der Waals surface area contributed by atoms with Crippen LogP contribution in [0.3, 0.4) is 0 Å². The first-order valence-corrected chi connectivity index (χ1v) is 9.79. The number of nitrogens with zero attached hydrogens (tertiary/aromatic N) is 1. The third-order valence-electron chi connectivity index (χ3n) is 4.75. The molecule has 154 valence electrons. The number of aryl methyl sites for hydroxylation is 1. The van der Waals surface area contributed by atoms with Gasteiger partial charge in [-0.3, -0.25) is 9.59 Å². The summed E-state index contributed by atoms with van der Waals surface area (Å²) in [5.41, 5.74) is 9.75. The van der Waals surface area contributed by atoms with E-state index in [9.17, 15) is 9.59 Å². The van der Waals surface area contributed by atoms with Crippen molar-refractivity contribution in [1.82, 2.24) is 4.98 Å². The Morgan fingerprint density at radius 2 is 1.77 bits per heavy atom. The SMILES string of the molecule is Cc1cccc(C(=O)Nc2ccc3nc(-c4ccccc4)cc(OCC(N)=O)c3c2)c1. The maximum atomic E-state index is 12.6. The van der Waals surface area contributed by atoms with Crippen LogP contribution in [0.4, 0.5) is 5.69 Å². The van der Waals surface area contributed by atoms with Crippen molar-refractivity contribution in [2.75, 3.05) is 11.9 Å². The number of rotatable bonds is 6. The molecule has 0 fully saturated rings. The molecule has 0 atom stereocenters. The smallest absolute Gasteiger partial charge is 0.255 e. The fourth-order valence-electron chi connectivity index (χ4n) is 3.29. The molecule has 0 aliphatic rings. The maximum absolute atomic E-state index is 12.6. The highest BCUT2D eigenvalue weighted by molar-refractivity contribution is 6.05. The lowest BCUT2D eigenvalue weighted by atomic mass is 10.1. The monoisotopic (exact) mass is 411 g/mol. The maximum Gasteiger partial charge on any atom is 0.255 e. The van der Waals surface area contributed by atoms with Crippen LogP contribution in [-0.2, 0) is 4.79 Å². The predicted octanol–water partition coefficient (Wildman–Crippen LogP) is 4.33. The molecular formula is C25H21N3O3. The quantitative estimate of drug-likeness (QED) is 0.494. The summed E-state index contributed by atoms with van der Waals surface area (Å²) in [6, 6.07) is 24.2. The summed E-state index contributed by atoms with van der Waals surface area (Å²) >= 11 is 0. The van der Waals surface area contributed by atoms with Gasteiger partial charge in [0.2, 0.25) is 0 Å². The molecule has 3 aromatic carbocycles. The number of anilines is 1. The van der Waals surface area contributed by atoms with Crippen LogP contribution < -0.4 is 15.8 Å². The number of nitrogens with two attached hydrogens (primary N) is 1. The molecule has 0 aliphatic carbocycles. The van der Waals surface area contributed by atoms with Gasteiger partial charge in [0.15, 0.2) is 6.61 Å². The summed E-state index contributed by atoms with van der Waals surface area (Å²) in [5, 5.41) is 3.57. The highest BCUT2D eigenvalue weighted by atomic mass is 16.5. The van der Waals surface area contributed by atoms with E-state index < -0.39 is 5.91 Å². The number of fused-ring (bicyclic) bond motifs is 1. The van der Waals surface area contributed by atoms with Gasteiger partial charge in [-0.15, -0.1) is 0 Å². The fraction of sp³-hybridized carbons (Fsp3) is 0.0800. The lowest BCUT2D eigenvalue weighted by Crippen LogP contribution is -2.20. The molecule has 1 heterocycles. The molecule has 3 N–H and O–H groups in total. The Morgan fingerprint density at radius 1 is 0.968 bits per heavy atom. The van der Waals surface area contributed by atoms with Crippen LogP contribution in [0.15, 0.2) is 78.9 Å². The zero-order chi connectivity index (χ0) is 21.8. The van der Waals surface area contributed by atoms with Gasteiger partial charge in [0.25, 0.3) is 11.8 Å². The second-order valence-corrected chi connectivity index (χ2v) is 7.18. The minimum Gasteiger partial charge on any atom is -0.483 e. The largest absolute Gasteiger partial charge is 0.483 e. The summed E-state index contributed by atoms with van der Waals surface area (Å²) < 4.78 is 5.68. The first-order chi connectivity index (χ1) is 15.0. The lowest BCUT2D eigenvalue weighted by Gasteiger charge is -2.13. The zero-order valence-corrected chi connectivity index (χ0v) is 17.0. The molecule has 0 unspecified atom stereocenters. The number of pyridine rings is 1. The van der Waals surface area contributed by atoms with E-state index in [4.69, 9.17) is 15.5 Å². The van der Waals surface area contributed by atoms with Crippen molar-refractivity contribution < 1.29 is 14.3 Å². The molecule has 31 heavy (non-hydrogen) atoms. The molecule has 0 bridgehead atoms. The Bertz CT molecular complexity index is 1270. The number of carbonyl (C=O) groups is 2. The summed E-state index contributed by atoms with van der Waals surface area (Å²) in [6.45, 7) is 1.68. The number of hydrogen-bond donors (Lipinski definition) is 2. The van der Waals surface area contributed by atoms with Gasteiger partial charge >= 0.3 is 0 Å². The van der Waals surface area contributed by atoms with Gasteiger partial charge in [0, 0.05) is 28.3 Å². The molecule has 0 saturated carbocycles. The highest BCUT2D eigenvalue weighted by Gasteiger charge is 2.12. The summed E-state index contributed by atoms with van der Waals surface area (Å²) in [7, 11) is 0. The van der Waals surface area contributed by atoms with Gasteiger partial charge in [-0.2, -0.15) is 0 Å². The Hall–Kier alpha value is -4.19. The molecule has 6 nitrogen and oxygen atoms in total. The van der Waals surface area contributed by atoms with E-state index >= 15 is 0 Å². The van der Waals surface area contributed by atoms with E-state index in [-0.39, 0.29) is 12.5 Å². The van der Waals surface area contributed by atoms with Gasteiger partial charge in [-0.1, -0.05) is 48.0 Å². The molecule has 0 saturated heterocycles. The Morgan fingerprint density at radius 3 is 2.52 bits per heavy atom. The van der Waals surface area contributed by atoms with Crippen LogP contribution in [0.5, 0.6) is 5.75 Å². The van der Waals surface area contributed by atoms with Gasteiger partial charge in [0.1, 0.15) is 5.75 Å². The number of carbonyl (C=O) groups excluding carboxylic acids is 2. The van der Waals surface area contributed by atoms with Gasteiger partial charge in [-0.05, 0) is 37.3 Å². The van der Waals surface area contributed by atoms with E-state index in [1.165, 1.54) is 0 Å². The minimum absolute atomic E-state index is 0.212. The summed E-state index contributed by atoms with van der Waals surface area (Å²) in [5.74, 6) is -0.319. The molecule has 4 aromatic rings. The average Bonchev–Trinajstić information content (AvgIpc) is 2.78. The highest BCUT2D eigenvalue weighted by Crippen LogP contribution is 2.32. The molecule has 6 heteroatoms.